The number of sulfone groups is 1. The number of hydrogen-bond acceptors (Lipinski definition) is 5. The highest BCUT2D eigenvalue weighted by atomic mass is 35.5. The molecule has 4 aliphatic rings. The van der Waals surface area contributed by atoms with Crippen LogP contribution in [0.2, 0.25) is 0 Å². The Morgan fingerprint density at radius 3 is 2.14 bits per heavy atom. The molecular formula is C32H43ClN4O4S. The van der Waals surface area contributed by atoms with Gasteiger partial charge < -0.3 is 19.6 Å². The number of likely N-dealkylation sites (tertiary alicyclic amines) is 4. The second-order valence-corrected chi connectivity index (χ2v) is 14.6. The van der Waals surface area contributed by atoms with E-state index in [1.165, 1.54) is 11.8 Å². The first-order chi connectivity index (χ1) is 19.7. The zero-order valence-corrected chi connectivity index (χ0v) is 26.1. The number of piperidine rings is 1. The summed E-state index contributed by atoms with van der Waals surface area (Å²) in [5, 5.41) is 0. The molecule has 0 aromatic heterocycles. The molecule has 2 aromatic rings. The number of urea groups is 1. The van der Waals surface area contributed by atoms with Crippen molar-refractivity contribution in [3.05, 3.63) is 65.7 Å². The summed E-state index contributed by atoms with van der Waals surface area (Å²) in [4.78, 5) is 35.8. The summed E-state index contributed by atoms with van der Waals surface area (Å²) >= 11 is 0. The van der Waals surface area contributed by atoms with Gasteiger partial charge in [0.2, 0.25) is 5.91 Å². The quantitative estimate of drug-likeness (QED) is 0.486. The van der Waals surface area contributed by atoms with E-state index in [4.69, 9.17) is 0 Å². The van der Waals surface area contributed by atoms with Crippen molar-refractivity contribution in [3.8, 4) is 0 Å². The molecule has 4 heterocycles. The Bertz CT molecular complexity index is 1360. The lowest BCUT2D eigenvalue weighted by Gasteiger charge is -2.39. The third-order valence-corrected chi connectivity index (χ3v) is 11.1. The van der Waals surface area contributed by atoms with E-state index in [9.17, 15) is 18.0 Å². The molecule has 1 unspecified atom stereocenters. The van der Waals surface area contributed by atoms with E-state index in [2.05, 4.69) is 40.1 Å². The minimum Gasteiger partial charge on any atom is -0.338 e. The van der Waals surface area contributed by atoms with Crippen molar-refractivity contribution in [2.75, 3.05) is 58.6 Å². The summed E-state index contributed by atoms with van der Waals surface area (Å²) < 4.78 is 23.6. The van der Waals surface area contributed by atoms with Crippen molar-refractivity contribution in [1.29, 1.82) is 0 Å². The number of hydrogen-bond donors (Lipinski definition) is 0. The van der Waals surface area contributed by atoms with Crippen LogP contribution < -0.4 is 0 Å². The summed E-state index contributed by atoms with van der Waals surface area (Å²) in [5.41, 5.74) is 1.99. The molecule has 3 amide bonds. The third kappa shape index (κ3) is 6.33. The van der Waals surface area contributed by atoms with Gasteiger partial charge in [-0.05, 0) is 74.4 Å². The number of amides is 3. The first-order valence-electron chi connectivity index (χ1n) is 15.1. The predicted octanol–water partition coefficient (Wildman–Crippen LogP) is 4.26. The fraction of sp³-hybridized carbons (Fsp3) is 0.562. The number of rotatable bonds is 6. The third-order valence-electron chi connectivity index (χ3n) is 9.95. The maximum atomic E-state index is 13.6. The zero-order chi connectivity index (χ0) is 28.6. The first kappa shape index (κ1) is 30.8. The second-order valence-electron chi connectivity index (χ2n) is 12.6. The lowest BCUT2D eigenvalue weighted by Crippen LogP contribution is -2.46. The minimum absolute atomic E-state index is 0. The van der Waals surface area contributed by atoms with Gasteiger partial charge in [0.05, 0.1) is 10.3 Å². The molecule has 8 nitrogen and oxygen atoms in total. The molecule has 4 aliphatic heterocycles. The van der Waals surface area contributed by atoms with E-state index in [0.29, 0.717) is 23.3 Å². The molecule has 0 radical (unpaired) electrons. The van der Waals surface area contributed by atoms with Crippen LogP contribution in [0.1, 0.15) is 49.1 Å². The maximum absolute atomic E-state index is 13.6. The van der Waals surface area contributed by atoms with Crippen LogP contribution in [0.25, 0.3) is 0 Å². The number of carbonyl (C=O) groups excluding carboxylic acids is 2. The molecule has 1 spiro atoms. The van der Waals surface area contributed by atoms with Gasteiger partial charge in [-0.25, -0.2) is 13.2 Å². The summed E-state index contributed by atoms with van der Waals surface area (Å²) in [6.45, 7) is 7.35. The number of halogens is 1. The van der Waals surface area contributed by atoms with Gasteiger partial charge in [0.1, 0.15) is 0 Å². The highest BCUT2D eigenvalue weighted by Gasteiger charge is 2.48. The van der Waals surface area contributed by atoms with Crippen LogP contribution in [0.4, 0.5) is 4.79 Å². The highest BCUT2D eigenvalue weighted by molar-refractivity contribution is 7.90. The van der Waals surface area contributed by atoms with Gasteiger partial charge in [0.25, 0.3) is 0 Å². The smallest absolute Gasteiger partial charge is 0.320 e. The van der Waals surface area contributed by atoms with Crippen molar-refractivity contribution in [2.45, 2.75) is 49.5 Å². The maximum Gasteiger partial charge on any atom is 0.320 e. The first-order valence-corrected chi connectivity index (χ1v) is 17.0. The van der Waals surface area contributed by atoms with E-state index >= 15 is 0 Å². The Morgan fingerprint density at radius 1 is 0.857 bits per heavy atom. The van der Waals surface area contributed by atoms with Crippen molar-refractivity contribution in [3.63, 3.8) is 0 Å². The fourth-order valence-corrected chi connectivity index (χ4v) is 8.09. The molecule has 2 aromatic carbocycles. The van der Waals surface area contributed by atoms with Gasteiger partial charge in [-0.3, -0.25) is 4.79 Å². The number of carbonyl (C=O) groups is 2. The summed E-state index contributed by atoms with van der Waals surface area (Å²) in [5.74, 6) is 0.953. The average Bonchev–Trinajstić information content (AvgIpc) is 3.72. The Kier molecular flexibility index (Phi) is 9.21. The SMILES string of the molecule is CS(=O)(=O)c1ccc(CN2CCC3(CCN(C[C@H]4CN(C(=O)N5CCCC5)CC4c4ccccc4)CC3)C2=O)cc1.Cl. The van der Waals surface area contributed by atoms with Crippen molar-refractivity contribution in [1.82, 2.24) is 19.6 Å². The standard InChI is InChI=1S/C32H42N4O4S.ClH/c1-41(39,40)28-11-9-25(10-12-28)21-35-20-15-32(30(35)37)13-18-33(19-14-32)22-27-23-36(31(38)34-16-5-6-17-34)24-29(27)26-7-3-2-4-8-26;/h2-4,7-12,27,29H,5-6,13-24H2,1H3;1H/t27-,29?;/m0./s1. The van der Waals surface area contributed by atoms with Gasteiger partial charge >= 0.3 is 6.03 Å². The monoisotopic (exact) mass is 614 g/mol. The van der Waals surface area contributed by atoms with E-state index in [1.807, 2.05) is 21.9 Å². The van der Waals surface area contributed by atoms with E-state index < -0.39 is 9.84 Å². The van der Waals surface area contributed by atoms with Crippen LogP contribution in [0.15, 0.2) is 59.5 Å². The topological polar surface area (TPSA) is 81.2 Å². The van der Waals surface area contributed by atoms with Crippen LogP contribution in [0.3, 0.4) is 0 Å². The van der Waals surface area contributed by atoms with Gasteiger partial charge in [-0.15, -0.1) is 12.4 Å². The fourth-order valence-electron chi connectivity index (χ4n) is 7.46. The molecule has 0 bridgehead atoms. The summed E-state index contributed by atoms with van der Waals surface area (Å²) in [6, 6.07) is 17.7. The number of benzene rings is 2. The molecule has 6 rings (SSSR count). The van der Waals surface area contributed by atoms with Gasteiger partial charge in [-0.1, -0.05) is 42.5 Å². The number of nitrogens with zero attached hydrogens (tertiary/aromatic N) is 4. The van der Waals surface area contributed by atoms with Gasteiger partial charge in [-0.2, -0.15) is 0 Å². The average molecular weight is 615 g/mol. The molecule has 0 aliphatic carbocycles. The van der Waals surface area contributed by atoms with E-state index in [0.717, 1.165) is 90.0 Å². The van der Waals surface area contributed by atoms with Crippen molar-refractivity contribution in [2.24, 2.45) is 11.3 Å². The minimum atomic E-state index is -3.23. The predicted molar refractivity (Wildman–Crippen MR) is 165 cm³/mol. The van der Waals surface area contributed by atoms with E-state index in [1.54, 1.807) is 12.1 Å². The summed E-state index contributed by atoms with van der Waals surface area (Å²) in [6.07, 6.45) is 6.04. The molecule has 0 saturated carbocycles. The molecule has 4 fully saturated rings. The Labute approximate surface area is 256 Å². The van der Waals surface area contributed by atoms with Crippen LogP contribution in [-0.2, 0) is 21.2 Å². The highest BCUT2D eigenvalue weighted by Crippen LogP contribution is 2.43. The van der Waals surface area contributed by atoms with Crippen LogP contribution in [0, 0.1) is 11.3 Å². The Morgan fingerprint density at radius 2 is 1.50 bits per heavy atom. The molecule has 10 heteroatoms. The van der Waals surface area contributed by atoms with Crippen LogP contribution >= 0.6 is 12.4 Å². The largest absolute Gasteiger partial charge is 0.338 e. The molecule has 0 N–H and O–H groups in total. The molecular weight excluding hydrogens is 572 g/mol. The molecule has 4 saturated heterocycles. The second kappa shape index (κ2) is 12.5. The van der Waals surface area contributed by atoms with Crippen LogP contribution in [0.5, 0.6) is 0 Å². The lowest BCUT2D eigenvalue weighted by molar-refractivity contribution is -0.139. The van der Waals surface area contributed by atoms with Gasteiger partial charge in [0, 0.05) is 58.0 Å². The molecule has 228 valence electrons. The Hall–Kier alpha value is -2.62. The van der Waals surface area contributed by atoms with Crippen molar-refractivity contribution >= 4 is 34.2 Å². The zero-order valence-electron chi connectivity index (χ0n) is 24.5. The van der Waals surface area contributed by atoms with Crippen LogP contribution in [-0.4, -0.2) is 98.6 Å². The molecule has 42 heavy (non-hydrogen) atoms. The van der Waals surface area contributed by atoms with E-state index in [-0.39, 0.29) is 29.8 Å². The lowest BCUT2D eigenvalue weighted by atomic mass is 9.76. The Balaban J connectivity index is 0.00000353. The van der Waals surface area contributed by atoms with Crippen molar-refractivity contribution < 1.29 is 18.0 Å². The van der Waals surface area contributed by atoms with Gasteiger partial charge in [0.15, 0.2) is 9.84 Å². The molecule has 2 atom stereocenters. The summed E-state index contributed by atoms with van der Waals surface area (Å²) in [7, 11) is -3.23. The normalized spacial score (nSPS) is 24.4.